The van der Waals surface area contributed by atoms with Crippen LogP contribution in [0.1, 0.15) is 52.0 Å². The Morgan fingerprint density at radius 3 is 2.55 bits per heavy atom. The maximum atomic E-state index is 12.0. The highest BCUT2D eigenvalue weighted by Crippen LogP contribution is 2.23. The average Bonchev–Trinajstić information content (AvgIpc) is 2.45. The summed E-state index contributed by atoms with van der Waals surface area (Å²) in [5.41, 5.74) is 0.683. The monoisotopic (exact) mass is 305 g/mol. The molecule has 1 fully saturated rings. The van der Waals surface area contributed by atoms with Gasteiger partial charge in [-0.1, -0.05) is 43.2 Å². The maximum Gasteiger partial charge on any atom is 0.407 e. The molecule has 1 N–H and O–H groups in total. The molecule has 1 aromatic carbocycles. The lowest BCUT2D eigenvalue weighted by Gasteiger charge is -2.32. The molecule has 0 saturated heterocycles. The summed E-state index contributed by atoms with van der Waals surface area (Å²) in [6.45, 7) is 6.20. The van der Waals surface area contributed by atoms with E-state index in [1.54, 1.807) is 0 Å². The zero-order chi connectivity index (χ0) is 16.0. The number of carbonyl (C=O) groups is 1. The van der Waals surface area contributed by atoms with E-state index < -0.39 is 5.60 Å². The van der Waals surface area contributed by atoms with Crippen LogP contribution in [0.2, 0.25) is 0 Å². The molecule has 0 unspecified atom stereocenters. The lowest BCUT2D eigenvalue weighted by molar-refractivity contribution is -0.0113. The highest BCUT2D eigenvalue weighted by molar-refractivity contribution is 5.68. The molecule has 0 heterocycles. The van der Waals surface area contributed by atoms with Gasteiger partial charge in [0, 0.05) is 0 Å². The van der Waals surface area contributed by atoms with Gasteiger partial charge in [0.25, 0.3) is 0 Å². The van der Waals surface area contributed by atoms with Crippen LogP contribution in [-0.2, 0) is 16.1 Å². The van der Waals surface area contributed by atoms with E-state index in [1.165, 1.54) is 0 Å². The number of carbonyl (C=O) groups excluding carboxylic acids is 1. The molecule has 4 heteroatoms. The summed E-state index contributed by atoms with van der Waals surface area (Å²) in [6.07, 6.45) is 3.89. The second kappa shape index (κ2) is 7.63. The van der Waals surface area contributed by atoms with E-state index in [0.29, 0.717) is 6.61 Å². The normalized spacial score (nSPS) is 22.1. The Labute approximate surface area is 133 Å². The fourth-order valence-electron chi connectivity index (χ4n) is 2.70. The van der Waals surface area contributed by atoms with Crippen LogP contribution in [0.25, 0.3) is 0 Å². The predicted octanol–water partition coefficient (Wildman–Crippen LogP) is 4.04. The highest BCUT2D eigenvalue weighted by Gasteiger charge is 2.29. The molecule has 1 aliphatic carbocycles. The third-order valence-corrected chi connectivity index (χ3v) is 3.71. The SMILES string of the molecule is CC(C)(C)OC(=O)N[C@H]1CCCC[C@@H]1OCc1ccccc1. The van der Waals surface area contributed by atoms with Crippen LogP contribution < -0.4 is 5.32 Å². The van der Waals surface area contributed by atoms with Crippen molar-refractivity contribution < 1.29 is 14.3 Å². The number of hydrogen-bond acceptors (Lipinski definition) is 3. The largest absolute Gasteiger partial charge is 0.444 e. The number of nitrogens with one attached hydrogen (secondary N) is 1. The quantitative estimate of drug-likeness (QED) is 0.913. The van der Waals surface area contributed by atoms with Gasteiger partial charge < -0.3 is 14.8 Å². The van der Waals surface area contributed by atoms with Crippen molar-refractivity contribution in [1.29, 1.82) is 0 Å². The van der Waals surface area contributed by atoms with Crippen LogP contribution in [0.15, 0.2) is 30.3 Å². The molecular weight excluding hydrogens is 278 g/mol. The smallest absolute Gasteiger partial charge is 0.407 e. The van der Waals surface area contributed by atoms with Gasteiger partial charge in [-0.2, -0.15) is 0 Å². The van der Waals surface area contributed by atoms with Crippen LogP contribution >= 0.6 is 0 Å². The molecule has 0 aliphatic heterocycles. The van der Waals surface area contributed by atoms with Crippen molar-refractivity contribution in [3.8, 4) is 0 Å². The average molecular weight is 305 g/mol. The van der Waals surface area contributed by atoms with Gasteiger partial charge in [0.05, 0.1) is 18.8 Å². The lowest BCUT2D eigenvalue weighted by atomic mass is 9.92. The number of ether oxygens (including phenoxy) is 2. The first kappa shape index (κ1) is 16.8. The van der Waals surface area contributed by atoms with E-state index in [4.69, 9.17) is 9.47 Å². The number of benzene rings is 1. The summed E-state index contributed by atoms with van der Waals surface area (Å²) in [7, 11) is 0. The molecule has 122 valence electrons. The summed E-state index contributed by atoms with van der Waals surface area (Å²) in [4.78, 5) is 12.0. The van der Waals surface area contributed by atoms with E-state index in [1.807, 2.05) is 39.0 Å². The molecule has 22 heavy (non-hydrogen) atoms. The Bertz CT molecular complexity index is 467. The van der Waals surface area contributed by atoms with Gasteiger partial charge in [-0.25, -0.2) is 4.79 Å². The standard InChI is InChI=1S/C18H27NO3/c1-18(2,3)22-17(20)19-15-11-7-8-12-16(15)21-13-14-9-5-4-6-10-14/h4-6,9-10,15-16H,7-8,11-13H2,1-3H3,(H,19,20)/t15-,16-/m0/s1. The topological polar surface area (TPSA) is 47.6 Å². The zero-order valence-corrected chi connectivity index (χ0v) is 13.8. The molecule has 0 spiro atoms. The molecule has 1 aromatic rings. The molecular formula is C18H27NO3. The van der Waals surface area contributed by atoms with Gasteiger partial charge in [0.15, 0.2) is 0 Å². The van der Waals surface area contributed by atoms with Crippen LogP contribution in [0.3, 0.4) is 0 Å². The molecule has 1 saturated carbocycles. The van der Waals surface area contributed by atoms with Gasteiger partial charge in [0.2, 0.25) is 0 Å². The molecule has 0 bridgehead atoms. The fraction of sp³-hybridized carbons (Fsp3) is 0.611. The van der Waals surface area contributed by atoms with Gasteiger partial charge >= 0.3 is 6.09 Å². The summed E-state index contributed by atoms with van der Waals surface area (Å²) in [5, 5.41) is 2.98. The Morgan fingerprint density at radius 1 is 1.18 bits per heavy atom. The van der Waals surface area contributed by atoms with E-state index in [2.05, 4.69) is 17.4 Å². The van der Waals surface area contributed by atoms with Crippen molar-refractivity contribution in [3.05, 3.63) is 35.9 Å². The van der Waals surface area contributed by atoms with Crippen LogP contribution in [0.5, 0.6) is 0 Å². The number of alkyl carbamates (subject to hydrolysis) is 1. The first-order valence-electron chi connectivity index (χ1n) is 8.09. The Kier molecular flexibility index (Phi) is 5.83. The Balaban J connectivity index is 1.86. The Morgan fingerprint density at radius 2 is 1.86 bits per heavy atom. The van der Waals surface area contributed by atoms with E-state index in [9.17, 15) is 4.79 Å². The summed E-state index contributed by atoms with van der Waals surface area (Å²) in [5.74, 6) is 0. The maximum absolute atomic E-state index is 12.0. The van der Waals surface area contributed by atoms with Crippen LogP contribution in [0, 0.1) is 0 Å². The minimum Gasteiger partial charge on any atom is -0.444 e. The van der Waals surface area contributed by atoms with Crippen molar-refractivity contribution in [2.24, 2.45) is 0 Å². The van der Waals surface area contributed by atoms with Gasteiger partial charge in [0.1, 0.15) is 5.60 Å². The van der Waals surface area contributed by atoms with Gasteiger partial charge in [-0.05, 0) is 39.2 Å². The first-order valence-corrected chi connectivity index (χ1v) is 8.09. The van der Waals surface area contributed by atoms with E-state index >= 15 is 0 Å². The molecule has 4 nitrogen and oxygen atoms in total. The molecule has 2 rings (SSSR count). The third kappa shape index (κ3) is 5.68. The van der Waals surface area contributed by atoms with Crippen molar-refractivity contribution in [1.82, 2.24) is 5.32 Å². The molecule has 0 aromatic heterocycles. The number of hydrogen-bond donors (Lipinski definition) is 1. The fourth-order valence-corrected chi connectivity index (χ4v) is 2.70. The van der Waals surface area contributed by atoms with E-state index in [-0.39, 0.29) is 18.2 Å². The van der Waals surface area contributed by atoms with Crippen molar-refractivity contribution >= 4 is 6.09 Å². The van der Waals surface area contributed by atoms with Gasteiger partial charge in [-0.15, -0.1) is 0 Å². The zero-order valence-electron chi connectivity index (χ0n) is 13.8. The van der Waals surface area contributed by atoms with Crippen LogP contribution in [0.4, 0.5) is 4.79 Å². The molecule has 0 radical (unpaired) electrons. The molecule has 1 aliphatic rings. The van der Waals surface area contributed by atoms with Gasteiger partial charge in [-0.3, -0.25) is 0 Å². The first-order chi connectivity index (χ1) is 10.4. The number of amides is 1. The minimum atomic E-state index is -0.473. The third-order valence-electron chi connectivity index (χ3n) is 3.71. The lowest BCUT2D eigenvalue weighted by Crippen LogP contribution is -2.47. The minimum absolute atomic E-state index is 0.0345. The molecule has 2 atom stereocenters. The predicted molar refractivity (Wildman–Crippen MR) is 86.6 cm³/mol. The van der Waals surface area contributed by atoms with E-state index in [0.717, 1.165) is 31.2 Å². The van der Waals surface area contributed by atoms with Crippen molar-refractivity contribution in [2.75, 3.05) is 0 Å². The number of rotatable bonds is 4. The summed E-state index contributed by atoms with van der Waals surface area (Å²) in [6, 6.07) is 10.2. The second-order valence-electron chi connectivity index (χ2n) is 6.87. The van der Waals surface area contributed by atoms with Crippen molar-refractivity contribution in [3.63, 3.8) is 0 Å². The van der Waals surface area contributed by atoms with Crippen LogP contribution in [-0.4, -0.2) is 23.8 Å². The summed E-state index contributed by atoms with van der Waals surface area (Å²) < 4.78 is 11.4. The Hall–Kier alpha value is -1.55. The summed E-state index contributed by atoms with van der Waals surface area (Å²) >= 11 is 0. The highest BCUT2D eigenvalue weighted by atomic mass is 16.6. The van der Waals surface area contributed by atoms with Crippen molar-refractivity contribution in [2.45, 2.75) is 70.8 Å². The molecule has 1 amide bonds. The second-order valence-corrected chi connectivity index (χ2v) is 6.87.